The quantitative estimate of drug-likeness (QED) is 0.805. The molecule has 3 fully saturated rings. The molecule has 2 heterocycles. The van der Waals surface area contributed by atoms with Crippen LogP contribution in [-0.2, 0) is 16.1 Å². The number of carbonyl (C=O) groups is 2. The molecule has 0 radical (unpaired) electrons. The Morgan fingerprint density at radius 3 is 2.64 bits per heavy atom. The van der Waals surface area contributed by atoms with Crippen molar-refractivity contribution in [3.05, 3.63) is 29.8 Å². The van der Waals surface area contributed by atoms with Crippen molar-refractivity contribution in [1.82, 2.24) is 10.2 Å². The van der Waals surface area contributed by atoms with E-state index in [2.05, 4.69) is 5.32 Å². The van der Waals surface area contributed by atoms with E-state index in [1.54, 1.807) is 0 Å². The highest BCUT2D eigenvalue weighted by Crippen LogP contribution is 2.42. The number of nitrogens with zero attached hydrogens (tertiary/aromatic N) is 1. The van der Waals surface area contributed by atoms with Gasteiger partial charge in [0, 0.05) is 6.61 Å². The second kappa shape index (κ2) is 6.33. The first kappa shape index (κ1) is 16.4. The van der Waals surface area contributed by atoms with Gasteiger partial charge in [0.2, 0.25) is 0 Å². The molecule has 1 N–H and O–H groups in total. The average molecular weight is 344 g/mol. The SMILES string of the molecule is C[C@]1(C2CC2)NC(=O)N(Cc2ccc(OC[C@H]3CCCO3)cc2)C1=O. The highest BCUT2D eigenvalue weighted by Gasteiger charge is 2.55. The van der Waals surface area contributed by atoms with Crippen LogP contribution in [0, 0.1) is 5.92 Å². The summed E-state index contributed by atoms with van der Waals surface area (Å²) in [7, 11) is 0. The lowest BCUT2D eigenvalue weighted by Crippen LogP contribution is -2.46. The number of amides is 3. The number of urea groups is 1. The van der Waals surface area contributed by atoms with Crippen molar-refractivity contribution in [3.8, 4) is 5.75 Å². The van der Waals surface area contributed by atoms with Crippen LogP contribution < -0.4 is 10.1 Å². The summed E-state index contributed by atoms with van der Waals surface area (Å²) in [6.07, 6.45) is 4.34. The van der Waals surface area contributed by atoms with E-state index >= 15 is 0 Å². The van der Waals surface area contributed by atoms with E-state index < -0.39 is 5.54 Å². The summed E-state index contributed by atoms with van der Waals surface area (Å²) in [4.78, 5) is 26.2. The molecule has 4 rings (SSSR count). The Hall–Kier alpha value is -2.08. The van der Waals surface area contributed by atoms with Gasteiger partial charge < -0.3 is 14.8 Å². The highest BCUT2D eigenvalue weighted by molar-refractivity contribution is 6.07. The Morgan fingerprint density at radius 2 is 2.00 bits per heavy atom. The van der Waals surface area contributed by atoms with Crippen LogP contribution in [0.5, 0.6) is 5.75 Å². The van der Waals surface area contributed by atoms with Gasteiger partial charge in [-0.15, -0.1) is 0 Å². The lowest BCUT2D eigenvalue weighted by molar-refractivity contribution is -0.131. The van der Waals surface area contributed by atoms with E-state index in [1.807, 2.05) is 31.2 Å². The van der Waals surface area contributed by atoms with Crippen LogP contribution >= 0.6 is 0 Å². The fraction of sp³-hybridized carbons (Fsp3) is 0.579. The van der Waals surface area contributed by atoms with Crippen LogP contribution in [-0.4, -0.2) is 41.7 Å². The summed E-state index contributed by atoms with van der Waals surface area (Å²) in [5, 5.41) is 2.87. The van der Waals surface area contributed by atoms with Crippen molar-refractivity contribution < 1.29 is 19.1 Å². The second-order valence-corrected chi connectivity index (χ2v) is 7.39. The van der Waals surface area contributed by atoms with Gasteiger partial charge in [-0.05, 0) is 56.2 Å². The summed E-state index contributed by atoms with van der Waals surface area (Å²) in [6.45, 7) is 3.51. The van der Waals surface area contributed by atoms with E-state index in [-0.39, 0.29) is 24.0 Å². The van der Waals surface area contributed by atoms with Crippen molar-refractivity contribution in [2.75, 3.05) is 13.2 Å². The maximum Gasteiger partial charge on any atom is 0.325 e. The van der Waals surface area contributed by atoms with Gasteiger partial charge in [0.05, 0.1) is 12.6 Å². The van der Waals surface area contributed by atoms with Crippen LogP contribution in [0.15, 0.2) is 24.3 Å². The van der Waals surface area contributed by atoms with Crippen LogP contribution in [0.1, 0.15) is 38.2 Å². The van der Waals surface area contributed by atoms with Gasteiger partial charge in [0.15, 0.2) is 0 Å². The molecular formula is C19H24N2O4. The number of hydrogen-bond donors (Lipinski definition) is 1. The van der Waals surface area contributed by atoms with Crippen molar-refractivity contribution in [3.63, 3.8) is 0 Å². The number of rotatable bonds is 6. The highest BCUT2D eigenvalue weighted by atomic mass is 16.5. The molecule has 25 heavy (non-hydrogen) atoms. The zero-order chi connectivity index (χ0) is 17.4. The van der Waals surface area contributed by atoms with Crippen LogP contribution in [0.3, 0.4) is 0 Å². The third-order valence-corrected chi connectivity index (χ3v) is 5.42. The summed E-state index contributed by atoms with van der Waals surface area (Å²) in [5.74, 6) is 0.945. The van der Waals surface area contributed by atoms with E-state index in [1.165, 1.54) is 4.90 Å². The van der Waals surface area contributed by atoms with Crippen molar-refractivity contribution >= 4 is 11.9 Å². The van der Waals surface area contributed by atoms with Gasteiger partial charge in [-0.2, -0.15) is 0 Å². The number of hydrogen-bond acceptors (Lipinski definition) is 4. The largest absolute Gasteiger partial charge is 0.491 e. The van der Waals surface area contributed by atoms with Crippen LogP contribution in [0.4, 0.5) is 4.79 Å². The second-order valence-electron chi connectivity index (χ2n) is 7.39. The first-order valence-corrected chi connectivity index (χ1v) is 9.04. The number of nitrogens with one attached hydrogen (secondary N) is 1. The summed E-state index contributed by atoms with van der Waals surface area (Å²) in [5.41, 5.74) is 0.189. The molecule has 0 bridgehead atoms. The molecule has 1 aromatic carbocycles. The fourth-order valence-electron chi connectivity index (χ4n) is 3.64. The van der Waals surface area contributed by atoms with Crippen molar-refractivity contribution in [2.24, 2.45) is 5.92 Å². The third kappa shape index (κ3) is 3.23. The normalized spacial score (nSPS) is 29.2. The lowest BCUT2D eigenvalue weighted by atomic mass is 9.96. The smallest absolute Gasteiger partial charge is 0.325 e. The predicted octanol–water partition coefficient (Wildman–Crippen LogP) is 2.46. The third-order valence-electron chi connectivity index (χ3n) is 5.42. The number of ether oxygens (including phenoxy) is 2. The molecule has 2 saturated heterocycles. The standard InChI is InChI=1S/C19H24N2O4/c1-19(14-6-7-14)17(22)21(18(23)20-19)11-13-4-8-15(9-5-13)25-12-16-3-2-10-24-16/h4-5,8-9,14,16H,2-3,6-7,10-12H2,1H3,(H,20,23)/t16-,19-/m1/s1. The molecule has 2 aliphatic heterocycles. The Balaban J connectivity index is 1.36. The molecular weight excluding hydrogens is 320 g/mol. The number of carbonyl (C=O) groups excluding carboxylic acids is 2. The molecule has 0 unspecified atom stereocenters. The zero-order valence-electron chi connectivity index (χ0n) is 14.5. The minimum atomic E-state index is -0.721. The van der Waals surface area contributed by atoms with Gasteiger partial charge in [0.1, 0.15) is 17.9 Å². The van der Waals surface area contributed by atoms with E-state index in [0.717, 1.165) is 43.6 Å². The molecule has 2 atom stereocenters. The first-order chi connectivity index (χ1) is 12.1. The molecule has 0 aromatic heterocycles. The van der Waals surface area contributed by atoms with Gasteiger partial charge in [-0.3, -0.25) is 9.69 Å². The molecule has 3 aliphatic rings. The lowest BCUT2D eigenvalue weighted by Gasteiger charge is -2.21. The monoisotopic (exact) mass is 344 g/mol. The average Bonchev–Trinajstić information content (AvgIpc) is 3.30. The zero-order valence-corrected chi connectivity index (χ0v) is 14.5. The molecule has 1 aromatic rings. The maximum atomic E-state index is 12.6. The summed E-state index contributed by atoms with van der Waals surface area (Å²) in [6, 6.07) is 7.26. The van der Waals surface area contributed by atoms with E-state index in [0.29, 0.717) is 13.2 Å². The predicted molar refractivity (Wildman–Crippen MR) is 91.1 cm³/mol. The Labute approximate surface area is 147 Å². The molecule has 1 aliphatic carbocycles. The fourth-order valence-corrected chi connectivity index (χ4v) is 3.64. The van der Waals surface area contributed by atoms with E-state index in [9.17, 15) is 9.59 Å². The van der Waals surface area contributed by atoms with Crippen LogP contribution in [0.2, 0.25) is 0 Å². The Morgan fingerprint density at radius 1 is 1.24 bits per heavy atom. The van der Waals surface area contributed by atoms with Crippen molar-refractivity contribution in [1.29, 1.82) is 0 Å². The van der Waals surface area contributed by atoms with Gasteiger partial charge in [-0.1, -0.05) is 12.1 Å². The molecule has 134 valence electrons. The van der Waals surface area contributed by atoms with Gasteiger partial charge >= 0.3 is 6.03 Å². The molecule has 1 saturated carbocycles. The molecule has 3 amide bonds. The topological polar surface area (TPSA) is 67.9 Å². The number of imide groups is 1. The molecule has 6 nitrogen and oxygen atoms in total. The maximum absolute atomic E-state index is 12.6. The van der Waals surface area contributed by atoms with Gasteiger partial charge in [-0.25, -0.2) is 4.79 Å². The Bertz CT molecular complexity index is 665. The Kier molecular flexibility index (Phi) is 4.15. The summed E-state index contributed by atoms with van der Waals surface area (Å²) >= 11 is 0. The van der Waals surface area contributed by atoms with E-state index in [4.69, 9.17) is 9.47 Å². The van der Waals surface area contributed by atoms with Gasteiger partial charge in [0.25, 0.3) is 5.91 Å². The minimum absolute atomic E-state index is 0.112. The first-order valence-electron chi connectivity index (χ1n) is 9.04. The number of benzene rings is 1. The summed E-state index contributed by atoms with van der Waals surface area (Å²) < 4.78 is 11.3. The molecule has 0 spiro atoms. The minimum Gasteiger partial charge on any atom is -0.491 e. The van der Waals surface area contributed by atoms with Crippen molar-refractivity contribution in [2.45, 2.75) is 50.8 Å². The molecule has 6 heteroatoms. The van der Waals surface area contributed by atoms with Crippen LogP contribution in [0.25, 0.3) is 0 Å².